The smallest absolute Gasteiger partial charge is 0.135 e. The molecule has 1 heterocycles. The summed E-state index contributed by atoms with van der Waals surface area (Å²) in [4.78, 5) is 0. The summed E-state index contributed by atoms with van der Waals surface area (Å²) in [5, 5.41) is 8.13. The van der Waals surface area contributed by atoms with E-state index in [-0.39, 0.29) is 0 Å². The second-order valence-corrected chi connectivity index (χ2v) is 3.46. The minimum Gasteiger partial charge on any atom is -0.318 e. The summed E-state index contributed by atoms with van der Waals surface area (Å²) in [7, 11) is 0. The Labute approximate surface area is 72.8 Å². The molecule has 1 aliphatic carbocycles. The number of hydrogen-bond donors (Lipinski definition) is 0. The van der Waals surface area contributed by atoms with E-state index in [9.17, 15) is 0 Å². The maximum atomic E-state index is 4.18. The third-order valence-corrected chi connectivity index (χ3v) is 2.71. The Morgan fingerprint density at radius 2 is 2.25 bits per heavy atom. The quantitative estimate of drug-likeness (QED) is 0.670. The highest BCUT2D eigenvalue weighted by Crippen LogP contribution is 2.32. The molecule has 0 radical (unpaired) electrons. The van der Waals surface area contributed by atoms with Gasteiger partial charge in [-0.15, -0.1) is 10.2 Å². The van der Waals surface area contributed by atoms with E-state index in [1.165, 1.54) is 31.5 Å². The van der Waals surface area contributed by atoms with Gasteiger partial charge in [0.1, 0.15) is 12.2 Å². The predicted octanol–water partition coefficient (Wildman–Crippen LogP) is 1.96. The summed E-state index contributed by atoms with van der Waals surface area (Å²) < 4.78 is 2.16. The molecule has 0 amide bonds. The molecule has 1 fully saturated rings. The lowest BCUT2D eigenvalue weighted by atomic mass is 10.1. The van der Waals surface area contributed by atoms with Gasteiger partial charge in [-0.1, -0.05) is 12.8 Å². The van der Waals surface area contributed by atoms with E-state index in [2.05, 4.69) is 21.7 Å². The van der Waals surface area contributed by atoms with Gasteiger partial charge in [-0.2, -0.15) is 0 Å². The highest BCUT2D eigenvalue weighted by Gasteiger charge is 2.21. The molecular weight excluding hydrogens is 150 g/mol. The topological polar surface area (TPSA) is 30.7 Å². The Morgan fingerprint density at radius 3 is 2.92 bits per heavy atom. The van der Waals surface area contributed by atoms with Gasteiger partial charge in [0.25, 0.3) is 0 Å². The first-order valence-corrected chi connectivity index (χ1v) is 4.79. The van der Waals surface area contributed by atoms with Crippen molar-refractivity contribution in [3.63, 3.8) is 0 Å². The van der Waals surface area contributed by atoms with E-state index >= 15 is 0 Å². The van der Waals surface area contributed by atoms with Crippen molar-refractivity contribution < 1.29 is 0 Å². The SMILES string of the molecule is CCn1cnnc1C1CCCC1. The molecule has 3 heteroatoms. The van der Waals surface area contributed by atoms with Crippen LogP contribution in [0.2, 0.25) is 0 Å². The Bertz CT molecular complexity index is 248. The Kier molecular flexibility index (Phi) is 2.11. The van der Waals surface area contributed by atoms with E-state index in [0.717, 1.165) is 6.54 Å². The molecule has 0 spiro atoms. The van der Waals surface area contributed by atoms with Gasteiger partial charge in [-0.05, 0) is 19.8 Å². The van der Waals surface area contributed by atoms with Crippen LogP contribution in [0.4, 0.5) is 0 Å². The van der Waals surface area contributed by atoms with Gasteiger partial charge < -0.3 is 4.57 Å². The Morgan fingerprint density at radius 1 is 1.50 bits per heavy atom. The van der Waals surface area contributed by atoms with Crippen molar-refractivity contribution >= 4 is 0 Å². The monoisotopic (exact) mass is 165 g/mol. The minimum atomic E-state index is 0.687. The third-order valence-electron chi connectivity index (χ3n) is 2.71. The lowest BCUT2D eigenvalue weighted by Crippen LogP contribution is -2.04. The van der Waals surface area contributed by atoms with Crippen LogP contribution in [0, 0.1) is 0 Å². The first-order chi connectivity index (χ1) is 5.92. The molecule has 0 unspecified atom stereocenters. The number of rotatable bonds is 2. The molecule has 2 rings (SSSR count). The second kappa shape index (κ2) is 3.25. The van der Waals surface area contributed by atoms with Gasteiger partial charge >= 0.3 is 0 Å². The molecule has 0 aliphatic heterocycles. The van der Waals surface area contributed by atoms with E-state index in [1.807, 2.05) is 6.33 Å². The van der Waals surface area contributed by atoms with Gasteiger partial charge in [0.05, 0.1) is 0 Å². The zero-order valence-corrected chi connectivity index (χ0v) is 7.53. The summed E-state index contributed by atoms with van der Waals surface area (Å²) in [6.07, 6.45) is 7.17. The fraction of sp³-hybridized carbons (Fsp3) is 0.778. The summed E-state index contributed by atoms with van der Waals surface area (Å²) >= 11 is 0. The minimum absolute atomic E-state index is 0.687. The molecule has 0 bridgehead atoms. The van der Waals surface area contributed by atoms with Crippen molar-refractivity contribution in [1.82, 2.24) is 14.8 Å². The van der Waals surface area contributed by atoms with Crippen molar-refractivity contribution in [1.29, 1.82) is 0 Å². The highest BCUT2D eigenvalue weighted by atomic mass is 15.3. The second-order valence-electron chi connectivity index (χ2n) is 3.46. The van der Waals surface area contributed by atoms with Gasteiger partial charge in [0.2, 0.25) is 0 Å². The fourth-order valence-corrected chi connectivity index (χ4v) is 2.01. The zero-order valence-electron chi connectivity index (χ0n) is 7.53. The standard InChI is InChI=1S/C9H15N3/c1-2-12-7-10-11-9(12)8-5-3-4-6-8/h7-8H,2-6H2,1H3. The maximum absolute atomic E-state index is 4.18. The van der Waals surface area contributed by atoms with Crippen molar-refractivity contribution in [3.8, 4) is 0 Å². The van der Waals surface area contributed by atoms with Crippen LogP contribution in [0.3, 0.4) is 0 Å². The fourth-order valence-electron chi connectivity index (χ4n) is 2.01. The van der Waals surface area contributed by atoms with Crippen molar-refractivity contribution in [2.45, 2.75) is 45.1 Å². The van der Waals surface area contributed by atoms with Gasteiger partial charge in [-0.25, -0.2) is 0 Å². The van der Waals surface area contributed by atoms with Gasteiger partial charge in [-0.3, -0.25) is 0 Å². The van der Waals surface area contributed by atoms with Crippen LogP contribution in [0.1, 0.15) is 44.3 Å². The van der Waals surface area contributed by atoms with Crippen LogP contribution < -0.4 is 0 Å². The molecule has 1 saturated carbocycles. The number of hydrogen-bond acceptors (Lipinski definition) is 2. The first-order valence-electron chi connectivity index (χ1n) is 4.79. The molecule has 3 nitrogen and oxygen atoms in total. The molecule has 1 aliphatic rings. The van der Waals surface area contributed by atoms with Crippen LogP contribution in [0.25, 0.3) is 0 Å². The zero-order chi connectivity index (χ0) is 8.39. The molecular formula is C9H15N3. The molecule has 0 saturated heterocycles. The van der Waals surface area contributed by atoms with Gasteiger partial charge in [0.15, 0.2) is 0 Å². The van der Waals surface area contributed by atoms with Crippen LogP contribution in [-0.2, 0) is 6.54 Å². The van der Waals surface area contributed by atoms with Crippen molar-refractivity contribution in [2.75, 3.05) is 0 Å². The average molecular weight is 165 g/mol. The molecule has 1 aromatic heterocycles. The van der Waals surface area contributed by atoms with E-state index < -0.39 is 0 Å². The summed E-state index contributed by atoms with van der Waals surface area (Å²) in [5.74, 6) is 1.89. The molecule has 0 N–H and O–H groups in total. The van der Waals surface area contributed by atoms with Gasteiger partial charge in [0, 0.05) is 12.5 Å². The van der Waals surface area contributed by atoms with E-state index in [1.54, 1.807) is 0 Å². The maximum Gasteiger partial charge on any atom is 0.135 e. The summed E-state index contributed by atoms with van der Waals surface area (Å²) in [6, 6.07) is 0. The molecule has 66 valence electrons. The highest BCUT2D eigenvalue weighted by molar-refractivity contribution is 4.98. The number of aromatic nitrogens is 3. The van der Waals surface area contributed by atoms with Crippen LogP contribution >= 0.6 is 0 Å². The van der Waals surface area contributed by atoms with Crippen molar-refractivity contribution in [3.05, 3.63) is 12.2 Å². The normalized spacial score (nSPS) is 18.8. The van der Waals surface area contributed by atoms with E-state index in [4.69, 9.17) is 0 Å². The lowest BCUT2D eigenvalue weighted by Gasteiger charge is -2.08. The average Bonchev–Trinajstić information content (AvgIpc) is 2.74. The summed E-state index contributed by atoms with van der Waals surface area (Å²) in [6.45, 7) is 3.14. The molecule has 0 aromatic carbocycles. The van der Waals surface area contributed by atoms with Crippen LogP contribution in [0.15, 0.2) is 6.33 Å². The van der Waals surface area contributed by atoms with Crippen LogP contribution in [-0.4, -0.2) is 14.8 Å². The summed E-state index contributed by atoms with van der Waals surface area (Å²) in [5.41, 5.74) is 0. The Balaban J connectivity index is 2.19. The molecule has 1 aromatic rings. The van der Waals surface area contributed by atoms with Crippen molar-refractivity contribution in [2.24, 2.45) is 0 Å². The predicted molar refractivity (Wildman–Crippen MR) is 46.9 cm³/mol. The van der Waals surface area contributed by atoms with E-state index in [0.29, 0.717) is 5.92 Å². The number of aryl methyl sites for hydroxylation is 1. The van der Waals surface area contributed by atoms with Crippen LogP contribution in [0.5, 0.6) is 0 Å². The largest absolute Gasteiger partial charge is 0.318 e. The molecule has 0 atom stereocenters. The third kappa shape index (κ3) is 1.24. The lowest BCUT2D eigenvalue weighted by molar-refractivity contribution is 0.599. The molecule has 12 heavy (non-hydrogen) atoms. The Hall–Kier alpha value is -0.860. The number of nitrogens with zero attached hydrogens (tertiary/aromatic N) is 3. The first kappa shape index (κ1) is 7.77.